The summed E-state index contributed by atoms with van der Waals surface area (Å²) in [5.41, 5.74) is 1.85. The molecule has 0 bridgehead atoms. The second-order valence-corrected chi connectivity index (χ2v) is 6.25. The quantitative estimate of drug-likeness (QED) is 0.647. The number of aromatic nitrogens is 2. The van der Waals surface area contributed by atoms with Gasteiger partial charge in [-0.05, 0) is 12.0 Å². The lowest BCUT2D eigenvalue weighted by Crippen LogP contribution is -2.12. The van der Waals surface area contributed by atoms with E-state index in [2.05, 4.69) is 22.1 Å². The molecule has 102 valence electrons. The molecule has 0 fully saturated rings. The van der Waals surface area contributed by atoms with Gasteiger partial charge in [0.05, 0.1) is 11.9 Å². The number of methoxy groups -OCH3 is 1. The molecule has 0 unspecified atom stereocenters. The Bertz CT molecular complexity index is 516. The number of halogens is 2. The van der Waals surface area contributed by atoms with Crippen molar-refractivity contribution in [3.05, 3.63) is 47.8 Å². The Morgan fingerprint density at radius 2 is 2.05 bits per heavy atom. The summed E-state index contributed by atoms with van der Waals surface area (Å²) in [7, 11) is 1.45. The highest BCUT2D eigenvalue weighted by atomic mass is 35.5. The number of hydrogen-bond donors (Lipinski definition) is 1. The molecule has 2 rings (SSSR count). The standard InChI is InChI=1S/C13H14Cl2N2OS/c1-18-13(14,15)11-9-16-12(17-11)19-8-7-10-5-3-2-4-6-10/h2-6,9H,7-8H2,1H3,(H,16,17). The van der Waals surface area contributed by atoms with Crippen molar-refractivity contribution in [3.63, 3.8) is 0 Å². The Labute approximate surface area is 126 Å². The molecule has 2 aromatic rings. The van der Waals surface area contributed by atoms with E-state index < -0.39 is 4.52 Å². The third-order valence-electron chi connectivity index (χ3n) is 2.59. The van der Waals surface area contributed by atoms with Crippen molar-refractivity contribution in [1.29, 1.82) is 0 Å². The van der Waals surface area contributed by atoms with Gasteiger partial charge < -0.3 is 9.72 Å². The van der Waals surface area contributed by atoms with Crippen LogP contribution < -0.4 is 0 Å². The molecule has 1 aromatic heterocycles. The summed E-state index contributed by atoms with van der Waals surface area (Å²) in [6.07, 6.45) is 2.58. The molecule has 0 aliphatic heterocycles. The highest BCUT2D eigenvalue weighted by molar-refractivity contribution is 7.99. The number of ether oxygens (including phenoxy) is 1. The normalized spacial score (nSPS) is 11.7. The van der Waals surface area contributed by atoms with Gasteiger partial charge >= 0.3 is 0 Å². The predicted octanol–water partition coefficient (Wildman–Crippen LogP) is 3.98. The molecular weight excluding hydrogens is 303 g/mol. The first kappa shape index (κ1) is 14.7. The van der Waals surface area contributed by atoms with E-state index in [1.54, 1.807) is 18.0 Å². The minimum Gasteiger partial charge on any atom is -0.345 e. The van der Waals surface area contributed by atoms with Crippen LogP contribution in [-0.4, -0.2) is 22.8 Å². The fourth-order valence-corrected chi connectivity index (χ4v) is 2.58. The summed E-state index contributed by atoms with van der Waals surface area (Å²) in [6, 6.07) is 10.3. The minimum atomic E-state index is -1.37. The number of aromatic amines is 1. The summed E-state index contributed by atoms with van der Waals surface area (Å²) in [5, 5.41) is 0.786. The van der Waals surface area contributed by atoms with Gasteiger partial charge in [0.15, 0.2) is 5.16 Å². The first-order valence-corrected chi connectivity index (χ1v) is 7.51. The van der Waals surface area contributed by atoms with Crippen molar-refractivity contribution in [2.24, 2.45) is 0 Å². The maximum absolute atomic E-state index is 5.95. The fraction of sp³-hybridized carbons (Fsp3) is 0.308. The van der Waals surface area contributed by atoms with Crippen LogP contribution >= 0.6 is 35.0 Å². The number of nitrogens with zero attached hydrogens (tertiary/aromatic N) is 1. The third-order valence-corrected chi connectivity index (χ3v) is 4.20. The summed E-state index contributed by atoms with van der Waals surface area (Å²) in [4.78, 5) is 7.27. The summed E-state index contributed by atoms with van der Waals surface area (Å²) < 4.78 is 3.59. The molecule has 0 spiro atoms. The largest absolute Gasteiger partial charge is 0.345 e. The van der Waals surface area contributed by atoms with Crippen LogP contribution in [0.4, 0.5) is 0 Å². The summed E-state index contributed by atoms with van der Waals surface area (Å²) in [5.74, 6) is 0.932. The van der Waals surface area contributed by atoms with Crippen molar-refractivity contribution >= 4 is 35.0 Å². The van der Waals surface area contributed by atoms with E-state index in [4.69, 9.17) is 27.9 Å². The van der Waals surface area contributed by atoms with Gasteiger partial charge in [-0.3, -0.25) is 0 Å². The van der Waals surface area contributed by atoms with Crippen LogP contribution in [0.1, 0.15) is 11.3 Å². The Kier molecular flexibility index (Phi) is 5.16. The van der Waals surface area contributed by atoms with Gasteiger partial charge in [-0.1, -0.05) is 65.3 Å². The molecule has 1 aromatic carbocycles. The van der Waals surface area contributed by atoms with Crippen LogP contribution in [0.5, 0.6) is 0 Å². The van der Waals surface area contributed by atoms with E-state index in [0.717, 1.165) is 17.3 Å². The van der Waals surface area contributed by atoms with Gasteiger partial charge in [-0.25, -0.2) is 4.98 Å². The Morgan fingerprint density at radius 3 is 2.74 bits per heavy atom. The van der Waals surface area contributed by atoms with Crippen LogP contribution in [-0.2, 0) is 15.7 Å². The molecule has 0 saturated carbocycles. The van der Waals surface area contributed by atoms with Crippen molar-refractivity contribution in [3.8, 4) is 0 Å². The zero-order chi connectivity index (χ0) is 13.7. The van der Waals surface area contributed by atoms with Crippen molar-refractivity contribution < 1.29 is 4.74 Å². The number of imidazole rings is 1. The topological polar surface area (TPSA) is 37.9 Å². The molecule has 0 atom stereocenters. The van der Waals surface area contributed by atoms with E-state index in [0.29, 0.717) is 5.69 Å². The van der Waals surface area contributed by atoms with Gasteiger partial charge in [-0.15, -0.1) is 0 Å². The molecule has 0 radical (unpaired) electrons. The first-order chi connectivity index (χ1) is 9.12. The van der Waals surface area contributed by atoms with Crippen LogP contribution in [0.3, 0.4) is 0 Å². The SMILES string of the molecule is COC(Cl)(Cl)c1cnc(SCCc2ccccc2)[nH]1. The number of aryl methyl sites for hydroxylation is 1. The summed E-state index contributed by atoms with van der Waals surface area (Å²) >= 11 is 13.5. The highest BCUT2D eigenvalue weighted by Gasteiger charge is 2.28. The van der Waals surface area contributed by atoms with Crippen LogP contribution in [0.2, 0.25) is 0 Å². The number of nitrogens with one attached hydrogen (secondary N) is 1. The van der Waals surface area contributed by atoms with Crippen molar-refractivity contribution in [2.45, 2.75) is 16.1 Å². The fourth-order valence-electron chi connectivity index (χ4n) is 1.54. The molecule has 19 heavy (non-hydrogen) atoms. The van der Waals surface area contributed by atoms with Crippen LogP contribution in [0.25, 0.3) is 0 Å². The van der Waals surface area contributed by atoms with Gasteiger partial charge in [-0.2, -0.15) is 0 Å². The Balaban J connectivity index is 1.87. The maximum atomic E-state index is 5.95. The van der Waals surface area contributed by atoms with Gasteiger partial charge in [0.2, 0.25) is 0 Å². The number of benzene rings is 1. The van der Waals surface area contributed by atoms with E-state index >= 15 is 0 Å². The monoisotopic (exact) mass is 316 g/mol. The lowest BCUT2D eigenvalue weighted by Gasteiger charge is -2.14. The third kappa shape index (κ3) is 4.14. The average Bonchev–Trinajstić information content (AvgIpc) is 2.90. The van der Waals surface area contributed by atoms with Crippen LogP contribution in [0.15, 0.2) is 41.7 Å². The van der Waals surface area contributed by atoms with E-state index in [-0.39, 0.29) is 0 Å². The Hall–Kier alpha value is -0.680. The lowest BCUT2D eigenvalue weighted by atomic mass is 10.2. The molecule has 0 aliphatic rings. The van der Waals surface area contributed by atoms with Crippen molar-refractivity contribution in [2.75, 3.05) is 12.9 Å². The van der Waals surface area contributed by atoms with Crippen molar-refractivity contribution in [1.82, 2.24) is 9.97 Å². The zero-order valence-corrected chi connectivity index (χ0v) is 12.7. The zero-order valence-electron chi connectivity index (χ0n) is 10.4. The number of hydrogen-bond acceptors (Lipinski definition) is 3. The van der Waals surface area contributed by atoms with Gasteiger partial charge in [0.1, 0.15) is 0 Å². The smallest absolute Gasteiger partial charge is 0.260 e. The predicted molar refractivity (Wildman–Crippen MR) is 79.9 cm³/mol. The number of alkyl halides is 2. The second kappa shape index (κ2) is 6.66. The number of H-pyrrole nitrogens is 1. The molecule has 0 saturated heterocycles. The second-order valence-electron chi connectivity index (χ2n) is 3.91. The van der Waals surface area contributed by atoms with E-state index in [1.165, 1.54) is 12.7 Å². The molecule has 1 heterocycles. The number of thioether (sulfide) groups is 1. The van der Waals surface area contributed by atoms with Gasteiger partial charge in [0.25, 0.3) is 4.52 Å². The molecule has 6 heteroatoms. The van der Waals surface area contributed by atoms with E-state index in [1.807, 2.05) is 18.2 Å². The summed E-state index contributed by atoms with van der Waals surface area (Å²) in [6.45, 7) is 0. The average molecular weight is 317 g/mol. The Morgan fingerprint density at radius 1 is 1.32 bits per heavy atom. The van der Waals surface area contributed by atoms with Gasteiger partial charge in [0, 0.05) is 12.9 Å². The highest BCUT2D eigenvalue weighted by Crippen LogP contribution is 2.33. The molecule has 3 nitrogen and oxygen atoms in total. The number of rotatable bonds is 6. The first-order valence-electron chi connectivity index (χ1n) is 5.77. The molecule has 0 aliphatic carbocycles. The maximum Gasteiger partial charge on any atom is 0.260 e. The molecular formula is C13H14Cl2N2OS. The lowest BCUT2D eigenvalue weighted by molar-refractivity contribution is 0.130. The van der Waals surface area contributed by atoms with E-state index in [9.17, 15) is 0 Å². The molecule has 1 N–H and O–H groups in total. The van der Waals surface area contributed by atoms with Crippen LogP contribution in [0, 0.1) is 0 Å². The molecule has 0 amide bonds. The minimum absolute atomic E-state index is 0.542.